The van der Waals surface area contributed by atoms with E-state index >= 15 is 0 Å². The Labute approximate surface area is 235 Å². The maximum absolute atomic E-state index is 13.2. The molecule has 2 aliphatic carbocycles. The van der Waals surface area contributed by atoms with E-state index in [4.69, 9.17) is 0 Å². The summed E-state index contributed by atoms with van der Waals surface area (Å²) in [5.41, 5.74) is 5.56. The van der Waals surface area contributed by atoms with Crippen LogP contribution >= 0.6 is 0 Å². The molecular weight excluding hydrogens is 502 g/mol. The van der Waals surface area contributed by atoms with Crippen molar-refractivity contribution in [3.63, 3.8) is 0 Å². The summed E-state index contributed by atoms with van der Waals surface area (Å²) in [4.78, 5) is 41.6. The Kier molecular flexibility index (Phi) is 6.96. The summed E-state index contributed by atoms with van der Waals surface area (Å²) in [6.45, 7) is 2.88. The molecule has 6 rings (SSSR count). The minimum Gasteiger partial charge on any atom is -0.347 e. The molecule has 8 nitrogen and oxygen atoms in total. The summed E-state index contributed by atoms with van der Waals surface area (Å²) >= 11 is 0. The lowest BCUT2D eigenvalue weighted by atomic mass is 9.71. The zero-order chi connectivity index (χ0) is 27.9. The van der Waals surface area contributed by atoms with Crippen LogP contribution < -0.4 is 10.6 Å². The van der Waals surface area contributed by atoms with E-state index in [0.29, 0.717) is 17.8 Å². The fraction of sp³-hybridized carbons (Fsp3) is 0.406. The van der Waals surface area contributed by atoms with Crippen LogP contribution in [0.4, 0.5) is 5.69 Å². The first-order valence-electron chi connectivity index (χ1n) is 14.3. The first-order chi connectivity index (χ1) is 19.3. The molecule has 0 bridgehead atoms. The van der Waals surface area contributed by atoms with Crippen molar-refractivity contribution < 1.29 is 14.4 Å². The second-order valence-corrected chi connectivity index (χ2v) is 11.6. The van der Waals surface area contributed by atoms with Crippen LogP contribution in [0.25, 0.3) is 0 Å². The Morgan fingerprint density at radius 1 is 0.900 bits per heavy atom. The van der Waals surface area contributed by atoms with Crippen LogP contribution in [0.15, 0.2) is 60.7 Å². The van der Waals surface area contributed by atoms with Gasteiger partial charge in [0.25, 0.3) is 11.8 Å². The van der Waals surface area contributed by atoms with Crippen LogP contribution in [0.2, 0.25) is 0 Å². The first kappa shape index (κ1) is 26.3. The normalized spacial score (nSPS) is 17.6. The zero-order valence-corrected chi connectivity index (χ0v) is 23.3. The predicted octanol–water partition coefficient (Wildman–Crippen LogP) is 4.36. The number of carbonyl (C=O) groups excluding carboxylic acids is 3. The summed E-state index contributed by atoms with van der Waals surface area (Å²) < 4.78 is 2.21. The summed E-state index contributed by atoms with van der Waals surface area (Å²) in [5, 5.41) is 6.04. The van der Waals surface area contributed by atoms with Gasteiger partial charge < -0.3 is 20.1 Å². The lowest BCUT2D eigenvalue weighted by Gasteiger charge is -2.53. The number of aromatic nitrogens is 1. The minimum atomic E-state index is -0.0681. The van der Waals surface area contributed by atoms with E-state index in [1.807, 2.05) is 42.5 Å². The molecule has 0 atom stereocenters. The molecule has 3 amide bonds. The van der Waals surface area contributed by atoms with E-state index in [0.717, 1.165) is 56.6 Å². The van der Waals surface area contributed by atoms with E-state index in [1.54, 1.807) is 19.0 Å². The molecule has 2 aromatic carbocycles. The first-order valence-corrected chi connectivity index (χ1v) is 14.3. The van der Waals surface area contributed by atoms with E-state index in [9.17, 15) is 14.4 Å². The van der Waals surface area contributed by atoms with Crippen molar-refractivity contribution in [3.8, 4) is 0 Å². The van der Waals surface area contributed by atoms with Gasteiger partial charge in [-0.3, -0.25) is 19.3 Å². The third-order valence-corrected chi connectivity index (χ3v) is 8.67. The number of fused-ring (bicyclic) bond motifs is 2. The molecule has 3 aromatic rings. The fourth-order valence-corrected chi connectivity index (χ4v) is 6.02. The van der Waals surface area contributed by atoms with E-state index in [-0.39, 0.29) is 29.2 Å². The van der Waals surface area contributed by atoms with Crippen LogP contribution in [0.1, 0.15) is 69.8 Å². The highest BCUT2D eigenvalue weighted by Gasteiger charge is 2.48. The quantitative estimate of drug-likeness (QED) is 0.445. The summed E-state index contributed by atoms with van der Waals surface area (Å²) in [6.07, 6.45) is 5.30. The third-order valence-electron chi connectivity index (χ3n) is 8.67. The lowest BCUT2D eigenvalue weighted by Crippen LogP contribution is -2.56. The summed E-state index contributed by atoms with van der Waals surface area (Å²) in [5.74, 6) is 0.209. The summed E-state index contributed by atoms with van der Waals surface area (Å²) in [7, 11) is 3.53. The molecule has 2 heterocycles. The van der Waals surface area contributed by atoms with Gasteiger partial charge in [-0.1, -0.05) is 24.3 Å². The van der Waals surface area contributed by atoms with Crippen LogP contribution in [0, 0.1) is 5.92 Å². The van der Waals surface area contributed by atoms with E-state index < -0.39 is 0 Å². The number of amides is 3. The molecule has 2 saturated carbocycles. The van der Waals surface area contributed by atoms with Gasteiger partial charge in [-0.15, -0.1) is 0 Å². The van der Waals surface area contributed by atoms with E-state index in [2.05, 4.69) is 38.3 Å². The van der Waals surface area contributed by atoms with Crippen LogP contribution in [-0.2, 0) is 30.0 Å². The average Bonchev–Trinajstić information content (AvgIpc) is 3.70. The maximum Gasteiger partial charge on any atom is 0.268 e. The molecule has 40 heavy (non-hydrogen) atoms. The standard InChI is InChI=1S/C32H37N5O3/c1-35(2)31(40)25-8-4-23(5-9-25)21-36-18-19-37-27(14-15-28(37)32(36)16-3-17-32)30(39)33-20-22-6-12-26(13-7-22)34-29(38)24-10-11-24/h4-9,12-15,24H,3,10-11,16-21H2,1-2H3,(H,33,39)(H,34,38). The fourth-order valence-electron chi connectivity index (χ4n) is 6.02. The number of benzene rings is 2. The van der Waals surface area contributed by atoms with Crippen LogP contribution in [-0.4, -0.2) is 52.7 Å². The predicted molar refractivity (Wildman–Crippen MR) is 154 cm³/mol. The molecule has 8 heteroatoms. The largest absolute Gasteiger partial charge is 0.347 e. The Morgan fingerprint density at radius 3 is 2.23 bits per heavy atom. The van der Waals surface area contributed by atoms with Gasteiger partial charge in [0, 0.05) is 63.1 Å². The highest BCUT2D eigenvalue weighted by molar-refractivity contribution is 5.95. The van der Waals surface area contributed by atoms with Crippen molar-refractivity contribution >= 4 is 23.4 Å². The Balaban J connectivity index is 1.10. The van der Waals surface area contributed by atoms with Crippen molar-refractivity contribution in [3.05, 3.63) is 88.7 Å². The van der Waals surface area contributed by atoms with Crippen molar-refractivity contribution in [2.45, 2.75) is 57.3 Å². The molecule has 208 valence electrons. The highest BCUT2D eigenvalue weighted by atomic mass is 16.2. The second kappa shape index (κ2) is 10.6. The number of rotatable bonds is 8. The molecule has 1 aliphatic heterocycles. The smallest absolute Gasteiger partial charge is 0.268 e. The van der Waals surface area contributed by atoms with Crippen LogP contribution in [0.5, 0.6) is 0 Å². The second-order valence-electron chi connectivity index (χ2n) is 11.6. The van der Waals surface area contributed by atoms with Gasteiger partial charge in [-0.2, -0.15) is 0 Å². The molecular formula is C32H37N5O3. The van der Waals surface area contributed by atoms with Gasteiger partial charge in [-0.25, -0.2) is 0 Å². The molecule has 1 spiro atoms. The lowest BCUT2D eigenvalue weighted by molar-refractivity contribution is -0.117. The van der Waals surface area contributed by atoms with Crippen molar-refractivity contribution in [2.75, 3.05) is 26.0 Å². The molecule has 2 fully saturated rings. The van der Waals surface area contributed by atoms with Gasteiger partial charge in [0.2, 0.25) is 5.91 Å². The monoisotopic (exact) mass is 539 g/mol. The van der Waals surface area contributed by atoms with Crippen molar-refractivity contribution in [1.82, 2.24) is 19.7 Å². The van der Waals surface area contributed by atoms with Gasteiger partial charge in [0.15, 0.2) is 0 Å². The maximum atomic E-state index is 13.2. The van der Waals surface area contributed by atoms with Gasteiger partial charge in [0.05, 0.1) is 5.54 Å². The molecule has 2 N–H and O–H groups in total. The molecule has 0 saturated heterocycles. The van der Waals surface area contributed by atoms with Gasteiger partial charge in [0.1, 0.15) is 5.69 Å². The molecule has 0 radical (unpaired) electrons. The Hall–Kier alpha value is -3.91. The molecule has 1 aromatic heterocycles. The molecule has 3 aliphatic rings. The topological polar surface area (TPSA) is 86.7 Å². The number of carbonyl (C=O) groups is 3. The molecule has 0 unspecified atom stereocenters. The number of anilines is 1. The Bertz CT molecular complexity index is 1420. The van der Waals surface area contributed by atoms with Crippen molar-refractivity contribution in [1.29, 1.82) is 0 Å². The number of hydrogen-bond donors (Lipinski definition) is 2. The van der Waals surface area contributed by atoms with Crippen molar-refractivity contribution in [2.24, 2.45) is 5.92 Å². The van der Waals surface area contributed by atoms with Gasteiger partial charge >= 0.3 is 0 Å². The number of nitrogens with one attached hydrogen (secondary N) is 2. The highest BCUT2D eigenvalue weighted by Crippen LogP contribution is 2.49. The summed E-state index contributed by atoms with van der Waals surface area (Å²) in [6, 6.07) is 19.7. The van der Waals surface area contributed by atoms with E-state index in [1.165, 1.54) is 17.7 Å². The van der Waals surface area contributed by atoms with Gasteiger partial charge in [-0.05, 0) is 79.6 Å². The minimum absolute atomic E-state index is 0.0120. The van der Waals surface area contributed by atoms with Crippen LogP contribution in [0.3, 0.4) is 0 Å². The average molecular weight is 540 g/mol. The zero-order valence-electron chi connectivity index (χ0n) is 23.3. The Morgan fingerprint density at radius 2 is 1.60 bits per heavy atom. The third kappa shape index (κ3) is 5.04. The number of hydrogen-bond acceptors (Lipinski definition) is 4. The SMILES string of the molecule is CN(C)C(=O)c1ccc(CN2CCn3c(C(=O)NCc4ccc(NC(=O)C5CC5)cc4)ccc3C23CCC3)cc1. The number of nitrogens with zero attached hydrogens (tertiary/aromatic N) is 3.